The first kappa shape index (κ1) is 19.3. The summed E-state index contributed by atoms with van der Waals surface area (Å²) in [5.74, 6) is 0.411. The molecule has 1 aromatic heterocycles. The molecule has 0 bridgehead atoms. The number of halogens is 2. The number of aryl methyl sites for hydroxylation is 1. The third kappa shape index (κ3) is 4.19. The molecule has 0 spiro atoms. The van der Waals surface area contributed by atoms with Gasteiger partial charge < -0.3 is 14.5 Å². The third-order valence-electron chi connectivity index (χ3n) is 4.68. The van der Waals surface area contributed by atoms with Crippen LogP contribution in [0, 0.1) is 6.92 Å². The first-order valence-electron chi connectivity index (χ1n) is 8.97. The molecule has 146 valence electrons. The van der Waals surface area contributed by atoms with Gasteiger partial charge in [0.05, 0.1) is 15.2 Å². The van der Waals surface area contributed by atoms with Crippen LogP contribution < -0.4 is 9.64 Å². The van der Waals surface area contributed by atoms with E-state index in [1.807, 2.05) is 4.90 Å². The van der Waals surface area contributed by atoms with Crippen molar-refractivity contribution in [3.8, 4) is 5.75 Å². The van der Waals surface area contributed by atoms with Gasteiger partial charge in [-0.3, -0.25) is 4.79 Å². The molecule has 1 amide bonds. The number of amides is 1. The lowest BCUT2D eigenvalue weighted by Crippen LogP contribution is -2.50. The van der Waals surface area contributed by atoms with Crippen molar-refractivity contribution in [1.82, 2.24) is 9.88 Å². The summed E-state index contributed by atoms with van der Waals surface area (Å²) in [6.07, 6.45) is 0. The number of hydrogen-bond donors (Lipinski definition) is 0. The van der Waals surface area contributed by atoms with Gasteiger partial charge >= 0.3 is 0 Å². The maximum atomic E-state index is 12.5. The Morgan fingerprint density at radius 3 is 2.68 bits per heavy atom. The van der Waals surface area contributed by atoms with Crippen LogP contribution in [0.5, 0.6) is 5.75 Å². The molecule has 3 aromatic rings. The van der Waals surface area contributed by atoms with E-state index in [0.717, 1.165) is 23.7 Å². The van der Waals surface area contributed by atoms with Crippen LogP contribution in [0.25, 0.3) is 10.2 Å². The zero-order valence-electron chi connectivity index (χ0n) is 15.3. The van der Waals surface area contributed by atoms with Crippen molar-refractivity contribution in [2.45, 2.75) is 6.92 Å². The van der Waals surface area contributed by atoms with Crippen LogP contribution in [0.1, 0.15) is 5.56 Å². The minimum Gasteiger partial charge on any atom is -0.482 e. The van der Waals surface area contributed by atoms with Gasteiger partial charge in [-0.25, -0.2) is 4.98 Å². The van der Waals surface area contributed by atoms with Crippen molar-refractivity contribution in [1.29, 1.82) is 0 Å². The van der Waals surface area contributed by atoms with E-state index in [9.17, 15) is 4.79 Å². The largest absolute Gasteiger partial charge is 0.482 e. The Hall–Kier alpha value is -2.02. The minimum absolute atomic E-state index is 0.0399. The zero-order valence-corrected chi connectivity index (χ0v) is 17.7. The molecule has 2 aromatic carbocycles. The second-order valence-corrected chi connectivity index (χ2v) is 8.55. The van der Waals surface area contributed by atoms with Gasteiger partial charge in [-0.2, -0.15) is 0 Å². The monoisotopic (exact) mass is 435 g/mol. The number of thiazole rings is 1. The minimum atomic E-state index is -0.0504. The molecule has 0 saturated carbocycles. The van der Waals surface area contributed by atoms with E-state index in [-0.39, 0.29) is 12.5 Å². The predicted octanol–water partition coefficient (Wildman–Crippen LogP) is 4.64. The average molecular weight is 436 g/mol. The summed E-state index contributed by atoms with van der Waals surface area (Å²) >= 11 is 13.7. The number of anilines is 1. The molecule has 1 fully saturated rings. The number of rotatable bonds is 4. The maximum absolute atomic E-state index is 12.5. The van der Waals surface area contributed by atoms with E-state index in [1.54, 1.807) is 29.5 Å². The van der Waals surface area contributed by atoms with Gasteiger partial charge in [0.2, 0.25) is 0 Å². The lowest BCUT2D eigenvalue weighted by atomic mass is 10.2. The normalized spacial score (nSPS) is 14.5. The van der Waals surface area contributed by atoms with Crippen molar-refractivity contribution in [3.63, 3.8) is 0 Å². The summed E-state index contributed by atoms with van der Waals surface area (Å²) in [4.78, 5) is 21.3. The Morgan fingerprint density at radius 2 is 1.93 bits per heavy atom. The van der Waals surface area contributed by atoms with Gasteiger partial charge in [0.15, 0.2) is 11.7 Å². The highest BCUT2D eigenvalue weighted by molar-refractivity contribution is 7.22. The zero-order chi connectivity index (χ0) is 19.7. The molecule has 0 unspecified atom stereocenters. The van der Waals surface area contributed by atoms with Crippen LogP contribution in [-0.2, 0) is 4.79 Å². The van der Waals surface area contributed by atoms with E-state index in [0.29, 0.717) is 28.9 Å². The number of carbonyl (C=O) groups is 1. The topological polar surface area (TPSA) is 45.7 Å². The van der Waals surface area contributed by atoms with E-state index >= 15 is 0 Å². The number of aromatic nitrogens is 1. The standard InChI is InChI=1S/C20H19Cl2N3O2S/c1-13-2-4-16-18(10-13)28-20(23-16)25-8-6-24(7-9-25)19(26)12-27-17-5-3-14(21)11-15(17)22/h2-5,10-11H,6-9,12H2,1H3. The number of ether oxygens (including phenoxy) is 1. The number of hydrogen-bond acceptors (Lipinski definition) is 5. The van der Waals surface area contributed by atoms with Crippen LogP contribution in [0.3, 0.4) is 0 Å². The summed E-state index contributed by atoms with van der Waals surface area (Å²) in [7, 11) is 0. The van der Waals surface area contributed by atoms with E-state index in [4.69, 9.17) is 32.9 Å². The summed E-state index contributed by atoms with van der Waals surface area (Å²) < 4.78 is 6.76. The molecule has 0 radical (unpaired) electrons. The molecule has 0 aliphatic carbocycles. The lowest BCUT2D eigenvalue weighted by Gasteiger charge is -2.34. The highest BCUT2D eigenvalue weighted by atomic mass is 35.5. The number of piperazine rings is 1. The number of nitrogens with zero attached hydrogens (tertiary/aromatic N) is 3. The van der Waals surface area contributed by atoms with Crippen molar-refractivity contribution in [2.24, 2.45) is 0 Å². The van der Waals surface area contributed by atoms with E-state index in [1.165, 1.54) is 10.3 Å². The van der Waals surface area contributed by atoms with Crippen molar-refractivity contribution < 1.29 is 9.53 Å². The third-order valence-corrected chi connectivity index (χ3v) is 6.29. The number of benzene rings is 2. The van der Waals surface area contributed by atoms with Crippen LogP contribution in [0.4, 0.5) is 5.13 Å². The number of carbonyl (C=O) groups excluding carboxylic acids is 1. The fourth-order valence-corrected chi connectivity index (χ4v) is 4.70. The second-order valence-electron chi connectivity index (χ2n) is 6.70. The summed E-state index contributed by atoms with van der Waals surface area (Å²) in [6.45, 7) is 4.85. The van der Waals surface area contributed by atoms with Gasteiger partial charge in [-0.05, 0) is 42.8 Å². The van der Waals surface area contributed by atoms with Gasteiger partial charge in [-0.1, -0.05) is 40.6 Å². The van der Waals surface area contributed by atoms with Crippen molar-refractivity contribution >= 4 is 55.8 Å². The Labute approximate surface area is 177 Å². The van der Waals surface area contributed by atoms with E-state index < -0.39 is 0 Å². The fraction of sp³-hybridized carbons (Fsp3) is 0.300. The molecular formula is C20H19Cl2N3O2S. The summed E-state index contributed by atoms with van der Waals surface area (Å²) in [5.41, 5.74) is 2.26. The van der Waals surface area contributed by atoms with Gasteiger partial charge in [-0.15, -0.1) is 0 Å². The maximum Gasteiger partial charge on any atom is 0.260 e. The molecule has 4 rings (SSSR count). The van der Waals surface area contributed by atoms with Gasteiger partial charge in [0.25, 0.3) is 5.91 Å². The highest BCUT2D eigenvalue weighted by Gasteiger charge is 2.23. The highest BCUT2D eigenvalue weighted by Crippen LogP contribution is 2.30. The second kappa shape index (κ2) is 8.15. The van der Waals surface area contributed by atoms with Gasteiger partial charge in [0, 0.05) is 31.2 Å². The Balaban J connectivity index is 1.33. The van der Waals surface area contributed by atoms with Crippen molar-refractivity contribution in [3.05, 3.63) is 52.0 Å². The Morgan fingerprint density at radius 1 is 1.14 bits per heavy atom. The fourth-order valence-electron chi connectivity index (χ4n) is 3.13. The SMILES string of the molecule is Cc1ccc2nc(N3CCN(C(=O)COc4ccc(Cl)cc4Cl)CC3)sc2c1. The first-order valence-corrected chi connectivity index (χ1v) is 10.5. The molecule has 8 heteroatoms. The van der Waals surface area contributed by atoms with Crippen molar-refractivity contribution in [2.75, 3.05) is 37.7 Å². The molecule has 0 N–H and O–H groups in total. The van der Waals surface area contributed by atoms with Crippen LogP contribution >= 0.6 is 34.5 Å². The lowest BCUT2D eigenvalue weighted by molar-refractivity contribution is -0.133. The van der Waals surface area contributed by atoms with Gasteiger partial charge in [0.1, 0.15) is 5.75 Å². The molecular weight excluding hydrogens is 417 g/mol. The summed E-state index contributed by atoms with van der Waals surface area (Å²) in [5, 5.41) is 1.94. The summed E-state index contributed by atoms with van der Waals surface area (Å²) in [6, 6.07) is 11.3. The predicted molar refractivity (Wildman–Crippen MR) is 115 cm³/mol. The molecule has 1 saturated heterocycles. The molecule has 1 aliphatic rings. The Bertz CT molecular complexity index is 1020. The molecule has 1 aliphatic heterocycles. The molecule has 5 nitrogen and oxygen atoms in total. The number of fused-ring (bicyclic) bond motifs is 1. The van der Waals surface area contributed by atoms with Crippen LogP contribution in [-0.4, -0.2) is 48.6 Å². The quantitative estimate of drug-likeness (QED) is 0.598. The molecule has 0 atom stereocenters. The Kier molecular flexibility index (Phi) is 5.62. The molecule has 2 heterocycles. The van der Waals surface area contributed by atoms with Crippen LogP contribution in [0.2, 0.25) is 10.0 Å². The smallest absolute Gasteiger partial charge is 0.260 e. The van der Waals surface area contributed by atoms with E-state index in [2.05, 4.69) is 30.0 Å². The van der Waals surface area contributed by atoms with Crippen LogP contribution in [0.15, 0.2) is 36.4 Å². The first-order chi connectivity index (χ1) is 13.5. The molecule has 28 heavy (non-hydrogen) atoms. The average Bonchev–Trinajstić information content (AvgIpc) is 3.10.